The number of carbonyl (C=O) groups is 2. The molecule has 0 bridgehead atoms. The normalized spacial score (nSPS) is 11.7. The molecule has 0 unspecified atom stereocenters. The highest BCUT2D eigenvalue weighted by atomic mass is 79.9. The van der Waals surface area contributed by atoms with Crippen molar-refractivity contribution in [1.82, 2.24) is 0 Å². The quantitative estimate of drug-likeness (QED) is 0.394. The second-order valence-electron chi connectivity index (χ2n) is 4.31. The molecule has 0 fully saturated rings. The van der Waals surface area contributed by atoms with Crippen molar-refractivity contribution in [3.05, 3.63) is 40.1 Å². The summed E-state index contributed by atoms with van der Waals surface area (Å²) in [6.07, 6.45) is 0.803. The predicted molar refractivity (Wildman–Crippen MR) is 80.9 cm³/mol. The van der Waals surface area contributed by atoms with Crippen LogP contribution in [0, 0.1) is 6.92 Å². The number of hydrogen-bond donors (Lipinski definition) is 1. The van der Waals surface area contributed by atoms with Crippen molar-refractivity contribution < 1.29 is 23.8 Å². The van der Waals surface area contributed by atoms with Crippen molar-refractivity contribution >= 4 is 44.4 Å². The number of ether oxygens (including phenoxy) is 1. The third-order valence-corrected chi connectivity index (χ3v) is 3.37. The lowest BCUT2D eigenvalue weighted by atomic mass is 10.1. The molecule has 6 heteroatoms. The maximum Gasteiger partial charge on any atom is 0.379 e. The number of esters is 1. The van der Waals surface area contributed by atoms with Gasteiger partial charge >= 0.3 is 5.97 Å². The number of furan rings is 1. The predicted octanol–water partition coefficient (Wildman–Crippen LogP) is 3.53. The van der Waals surface area contributed by atoms with Gasteiger partial charge in [0.25, 0.3) is 5.78 Å². The fourth-order valence-electron chi connectivity index (χ4n) is 1.89. The fourth-order valence-corrected chi connectivity index (χ4v) is 2.25. The number of aliphatic hydroxyl groups is 1. The van der Waals surface area contributed by atoms with E-state index in [0.717, 1.165) is 15.9 Å². The topological polar surface area (TPSA) is 76.7 Å². The summed E-state index contributed by atoms with van der Waals surface area (Å²) in [5, 5.41) is 10.8. The van der Waals surface area contributed by atoms with Gasteiger partial charge in [0, 0.05) is 21.5 Å². The molecule has 5 nitrogen and oxygen atoms in total. The molecule has 2 rings (SSSR count). The number of rotatable bonds is 4. The van der Waals surface area contributed by atoms with Gasteiger partial charge in [-0.25, -0.2) is 4.79 Å². The highest BCUT2D eigenvalue weighted by Crippen LogP contribution is 2.31. The number of ketones is 1. The van der Waals surface area contributed by atoms with Crippen LogP contribution in [0.15, 0.2) is 33.2 Å². The third kappa shape index (κ3) is 3.16. The van der Waals surface area contributed by atoms with Crippen LogP contribution in [0.4, 0.5) is 0 Å². The van der Waals surface area contributed by atoms with E-state index in [9.17, 15) is 14.7 Å². The zero-order valence-corrected chi connectivity index (χ0v) is 13.1. The summed E-state index contributed by atoms with van der Waals surface area (Å²) in [6.45, 7) is 3.44. The smallest absolute Gasteiger partial charge is 0.379 e. The van der Waals surface area contributed by atoms with Gasteiger partial charge in [0.05, 0.1) is 6.61 Å². The van der Waals surface area contributed by atoms with Crippen LogP contribution in [-0.2, 0) is 14.3 Å². The number of aliphatic hydroxyl groups excluding tert-OH is 1. The van der Waals surface area contributed by atoms with E-state index >= 15 is 0 Å². The first kappa shape index (κ1) is 15.3. The van der Waals surface area contributed by atoms with Gasteiger partial charge in [-0.1, -0.05) is 15.9 Å². The molecule has 0 atom stereocenters. The number of aryl methyl sites for hydroxylation is 1. The zero-order valence-electron chi connectivity index (χ0n) is 11.5. The number of halogens is 1. The lowest BCUT2D eigenvalue weighted by molar-refractivity contribution is -0.151. The zero-order chi connectivity index (χ0) is 15.6. The van der Waals surface area contributed by atoms with Crippen LogP contribution >= 0.6 is 15.9 Å². The minimum atomic E-state index is -1.01. The van der Waals surface area contributed by atoms with Crippen molar-refractivity contribution in [2.75, 3.05) is 6.61 Å². The third-order valence-electron chi connectivity index (χ3n) is 2.88. The van der Waals surface area contributed by atoms with Crippen LogP contribution < -0.4 is 0 Å². The first-order valence-corrected chi connectivity index (χ1v) is 7.04. The summed E-state index contributed by atoms with van der Waals surface area (Å²) in [7, 11) is 0. The Kier molecular flexibility index (Phi) is 4.47. The summed E-state index contributed by atoms with van der Waals surface area (Å²) < 4.78 is 10.9. The number of fused-ring (bicyclic) bond motifs is 1. The number of benzene rings is 1. The Hall–Kier alpha value is -2.08. The van der Waals surface area contributed by atoms with Crippen LogP contribution in [0.3, 0.4) is 0 Å². The lowest BCUT2D eigenvalue weighted by Gasteiger charge is -1.98. The molecule has 1 N–H and O–H groups in total. The largest absolute Gasteiger partial charge is 0.504 e. The molecule has 0 saturated carbocycles. The summed E-state index contributed by atoms with van der Waals surface area (Å²) in [4.78, 5) is 22.8. The molecule has 1 heterocycles. The Bertz CT molecular complexity index is 742. The van der Waals surface area contributed by atoms with E-state index in [-0.39, 0.29) is 12.4 Å². The van der Waals surface area contributed by atoms with Crippen molar-refractivity contribution in [2.24, 2.45) is 0 Å². The first-order chi connectivity index (χ1) is 9.93. The van der Waals surface area contributed by atoms with Crippen molar-refractivity contribution in [3.63, 3.8) is 0 Å². The van der Waals surface area contributed by atoms with Crippen molar-refractivity contribution in [1.29, 1.82) is 0 Å². The molecule has 0 aliphatic heterocycles. The van der Waals surface area contributed by atoms with Gasteiger partial charge < -0.3 is 14.3 Å². The monoisotopic (exact) mass is 352 g/mol. The highest BCUT2D eigenvalue weighted by Gasteiger charge is 2.18. The average molecular weight is 353 g/mol. The van der Waals surface area contributed by atoms with Gasteiger partial charge in [-0.3, -0.25) is 4.79 Å². The molecule has 21 heavy (non-hydrogen) atoms. The molecule has 0 saturated heterocycles. The molecule has 0 radical (unpaired) electrons. The molecular weight excluding hydrogens is 340 g/mol. The van der Waals surface area contributed by atoms with Gasteiger partial charge in [0.1, 0.15) is 5.58 Å². The van der Waals surface area contributed by atoms with E-state index < -0.39 is 17.5 Å². The summed E-state index contributed by atoms with van der Waals surface area (Å²) >= 11 is 3.36. The standard InChI is InChI=1S/C15H13BrO5/c1-3-20-15(19)12(18)7-11(17)14-8(2)10-6-9(16)4-5-13(10)21-14/h4-7,17H,3H2,1-2H3/b11-7-. The van der Waals surface area contributed by atoms with E-state index in [4.69, 9.17) is 4.42 Å². The van der Waals surface area contributed by atoms with Gasteiger partial charge in [-0.15, -0.1) is 0 Å². The maximum atomic E-state index is 11.5. The van der Waals surface area contributed by atoms with E-state index in [1.165, 1.54) is 0 Å². The fraction of sp³-hybridized carbons (Fsp3) is 0.200. The minimum Gasteiger partial charge on any atom is -0.504 e. The average Bonchev–Trinajstić information content (AvgIpc) is 2.76. The van der Waals surface area contributed by atoms with Crippen LogP contribution in [0.2, 0.25) is 0 Å². The Morgan fingerprint density at radius 2 is 2.14 bits per heavy atom. The van der Waals surface area contributed by atoms with Gasteiger partial charge in [-0.05, 0) is 32.0 Å². The molecule has 1 aromatic heterocycles. The molecule has 0 aliphatic carbocycles. The number of carbonyl (C=O) groups excluding carboxylic acids is 2. The molecule has 0 aliphatic rings. The molecule has 1 aromatic carbocycles. The first-order valence-electron chi connectivity index (χ1n) is 6.24. The molecule has 0 spiro atoms. The van der Waals surface area contributed by atoms with E-state index in [0.29, 0.717) is 11.1 Å². The maximum absolute atomic E-state index is 11.5. The van der Waals surface area contributed by atoms with E-state index in [1.54, 1.807) is 26.0 Å². The van der Waals surface area contributed by atoms with Crippen molar-refractivity contribution in [2.45, 2.75) is 13.8 Å². The molecule has 0 amide bonds. The molecule has 110 valence electrons. The Morgan fingerprint density at radius 3 is 2.81 bits per heavy atom. The SMILES string of the molecule is CCOC(=O)C(=O)/C=C(\O)c1oc2ccc(Br)cc2c1C. The minimum absolute atomic E-state index is 0.0941. The number of hydrogen-bond acceptors (Lipinski definition) is 5. The van der Waals surface area contributed by atoms with Crippen LogP contribution in [0.5, 0.6) is 0 Å². The van der Waals surface area contributed by atoms with Gasteiger partial charge in [0.2, 0.25) is 0 Å². The van der Waals surface area contributed by atoms with Crippen LogP contribution in [0.1, 0.15) is 18.2 Å². The summed E-state index contributed by atoms with van der Waals surface area (Å²) in [5.41, 5.74) is 1.26. The molecule has 2 aromatic rings. The van der Waals surface area contributed by atoms with Gasteiger partial charge in [0.15, 0.2) is 11.5 Å². The van der Waals surface area contributed by atoms with Gasteiger partial charge in [-0.2, -0.15) is 0 Å². The summed E-state index contributed by atoms with van der Waals surface area (Å²) in [6, 6.07) is 5.40. The lowest BCUT2D eigenvalue weighted by Crippen LogP contribution is -2.15. The second-order valence-corrected chi connectivity index (χ2v) is 5.23. The Morgan fingerprint density at radius 1 is 1.43 bits per heavy atom. The summed E-state index contributed by atoms with van der Waals surface area (Å²) in [5.74, 6) is -2.20. The second kappa shape index (κ2) is 6.13. The van der Waals surface area contributed by atoms with E-state index in [2.05, 4.69) is 20.7 Å². The molecular formula is C15H13BrO5. The Labute approximate surface area is 129 Å². The van der Waals surface area contributed by atoms with Crippen LogP contribution in [-0.4, -0.2) is 23.5 Å². The Balaban J connectivity index is 2.39. The highest BCUT2D eigenvalue weighted by molar-refractivity contribution is 9.10. The van der Waals surface area contributed by atoms with E-state index in [1.807, 2.05) is 6.07 Å². The van der Waals surface area contributed by atoms with Crippen molar-refractivity contribution in [3.8, 4) is 0 Å². The van der Waals surface area contributed by atoms with Crippen LogP contribution in [0.25, 0.3) is 16.7 Å².